The molecule has 0 unspecified atom stereocenters. The Hall–Kier alpha value is -1.06. The van der Waals surface area contributed by atoms with Crippen LogP contribution < -0.4 is 0 Å². The van der Waals surface area contributed by atoms with Crippen molar-refractivity contribution in [2.75, 3.05) is 19.7 Å². The van der Waals surface area contributed by atoms with Crippen molar-refractivity contribution < 1.29 is 9.53 Å². The third-order valence-corrected chi connectivity index (χ3v) is 5.18. The van der Waals surface area contributed by atoms with Gasteiger partial charge in [-0.2, -0.15) is 0 Å². The van der Waals surface area contributed by atoms with E-state index < -0.39 is 0 Å². The molecule has 0 aromatic heterocycles. The molecule has 3 rings (SSSR count). The molecule has 3 nitrogen and oxygen atoms in total. The SMILES string of the molecule is CC(C)COC1CCN(C(=O)[C@H]2C[C@@H]2c2ccccc2Cl)CC1. The van der Waals surface area contributed by atoms with Gasteiger partial charge in [-0.1, -0.05) is 43.6 Å². The number of piperidine rings is 1. The highest BCUT2D eigenvalue weighted by molar-refractivity contribution is 6.31. The molecule has 0 N–H and O–H groups in total. The molecule has 2 fully saturated rings. The van der Waals surface area contributed by atoms with Crippen LogP contribution in [0.1, 0.15) is 44.6 Å². The number of carbonyl (C=O) groups excluding carboxylic acids is 1. The highest BCUT2D eigenvalue weighted by Gasteiger charge is 2.46. The van der Waals surface area contributed by atoms with Gasteiger partial charge in [0.25, 0.3) is 0 Å². The number of hydrogen-bond acceptors (Lipinski definition) is 2. The van der Waals surface area contributed by atoms with Crippen LogP contribution in [0.15, 0.2) is 24.3 Å². The second-order valence-corrected chi connectivity index (χ2v) is 7.63. The number of likely N-dealkylation sites (tertiary alicyclic amines) is 1. The molecule has 1 aromatic carbocycles. The van der Waals surface area contributed by atoms with Gasteiger partial charge in [0.2, 0.25) is 5.91 Å². The van der Waals surface area contributed by atoms with Gasteiger partial charge < -0.3 is 9.64 Å². The zero-order valence-corrected chi connectivity index (χ0v) is 14.8. The first-order valence-corrected chi connectivity index (χ1v) is 9.09. The van der Waals surface area contributed by atoms with Crippen LogP contribution in [0, 0.1) is 11.8 Å². The molecule has 23 heavy (non-hydrogen) atoms. The first kappa shape index (κ1) is 16.8. The second kappa shape index (κ2) is 7.23. The summed E-state index contributed by atoms with van der Waals surface area (Å²) < 4.78 is 5.90. The molecule has 1 amide bonds. The minimum absolute atomic E-state index is 0.128. The Morgan fingerprint density at radius 2 is 2.00 bits per heavy atom. The standard InChI is InChI=1S/C19H26ClNO2/c1-13(2)12-23-14-7-9-21(10-8-14)19(22)17-11-16(17)15-5-3-4-6-18(15)20/h3-6,13-14,16-17H,7-12H2,1-2H3/t16-,17+/m1/s1. The molecule has 126 valence electrons. The van der Waals surface area contributed by atoms with Crippen molar-refractivity contribution >= 4 is 17.5 Å². The van der Waals surface area contributed by atoms with Crippen molar-refractivity contribution in [1.82, 2.24) is 4.90 Å². The molecular weight excluding hydrogens is 310 g/mol. The number of amides is 1. The van der Waals surface area contributed by atoms with Gasteiger partial charge in [0.15, 0.2) is 0 Å². The van der Waals surface area contributed by atoms with E-state index in [1.54, 1.807) is 0 Å². The molecule has 1 aromatic rings. The average molecular weight is 336 g/mol. The van der Waals surface area contributed by atoms with Crippen LogP contribution >= 0.6 is 11.6 Å². The summed E-state index contributed by atoms with van der Waals surface area (Å²) in [5.41, 5.74) is 1.13. The van der Waals surface area contributed by atoms with Crippen LogP contribution in [0.4, 0.5) is 0 Å². The largest absolute Gasteiger partial charge is 0.378 e. The fraction of sp³-hybridized carbons (Fsp3) is 0.632. The lowest BCUT2D eigenvalue weighted by Crippen LogP contribution is -2.42. The number of halogens is 1. The molecule has 0 radical (unpaired) electrons. The number of rotatable bonds is 5. The molecule has 2 atom stereocenters. The van der Waals surface area contributed by atoms with Crippen molar-refractivity contribution in [3.8, 4) is 0 Å². The first-order valence-electron chi connectivity index (χ1n) is 8.71. The van der Waals surface area contributed by atoms with Gasteiger partial charge in [-0.15, -0.1) is 0 Å². The number of ether oxygens (including phenoxy) is 1. The van der Waals surface area contributed by atoms with Crippen molar-refractivity contribution in [3.63, 3.8) is 0 Å². The smallest absolute Gasteiger partial charge is 0.226 e. The maximum atomic E-state index is 12.7. The topological polar surface area (TPSA) is 29.5 Å². The lowest BCUT2D eigenvalue weighted by molar-refractivity contribution is -0.135. The van der Waals surface area contributed by atoms with E-state index in [1.807, 2.05) is 29.2 Å². The Balaban J connectivity index is 1.49. The highest BCUT2D eigenvalue weighted by atomic mass is 35.5. The molecule has 0 bridgehead atoms. The maximum absolute atomic E-state index is 12.7. The normalized spacial score (nSPS) is 25.0. The molecule has 1 saturated carbocycles. The first-order chi connectivity index (χ1) is 11.1. The van der Waals surface area contributed by atoms with E-state index in [1.165, 1.54) is 0 Å². The van der Waals surface area contributed by atoms with E-state index in [0.717, 1.165) is 49.5 Å². The third kappa shape index (κ3) is 4.07. The summed E-state index contributed by atoms with van der Waals surface area (Å²) in [6, 6.07) is 7.90. The van der Waals surface area contributed by atoms with Crippen molar-refractivity contribution in [2.24, 2.45) is 11.8 Å². The summed E-state index contributed by atoms with van der Waals surface area (Å²) in [4.78, 5) is 14.7. The van der Waals surface area contributed by atoms with E-state index in [0.29, 0.717) is 23.8 Å². The molecule has 4 heteroatoms. The van der Waals surface area contributed by atoms with Crippen molar-refractivity contribution in [1.29, 1.82) is 0 Å². The van der Waals surface area contributed by atoms with Gasteiger partial charge in [-0.05, 0) is 42.7 Å². The van der Waals surface area contributed by atoms with Gasteiger partial charge in [0.05, 0.1) is 6.10 Å². The molecule has 1 aliphatic carbocycles. The Morgan fingerprint density at radius 1 is 1.30 bits per heavy atom. The zero-order chi connectivity index (χ0) is 16.4. The van der Waals surface area contributed by atoms with Crippen LogP contribution in [0.25, 0.3) is 0 Å². The van der Waals surface area contributed by atoms with E-state index in [9.17, 15) is 4.79 Å². The summed E-state index contributed by atoms with van der Waals surface area (Å²) in [7, 11) is 0. The fourth-order valence-corrected chi connectivity index (χ4v) is 3.67. The van der Waals surface area contributed by atoms with Gasteiger partial charge in [-0.25, -0.2) is 0 Å². The second-order valence-electron chi connectivity index (χ2n) is 7.22. The quantitative estimate of drug-likeness (QED) is 0.810. The summed E-state index contributed by atoms with van der Waals surface area (Å²) in [5, 5.41) is 0.786. The van der Waals surface area contributed by atoms with Crippen LogP contribution in [-0.4, -0.2) is 36.6 Å². The highest BCUT2D eigenvalue weighted by Crippen LogP contribution is 2.50. The molecule has 1 aliphatic heterocycles. The van der Waals surface area contributed by atoms with E-state index in [-0.39, 0.29) is 5.92 Å². The summed E-state index contributed by atoms with van der Waals surface area (Å²) in [6.45, 7) is 6.80. The van der Waals surface area contributed by atoms with Crippen LogP contribution in [0.2, 0.25) is 5.02 Å². The van der Waals surface area contributed by atoms with E-state index in [2.05, 4.69) is 13.8 Å². The maximum Gasteiger partial charge on any atom is 0.226 e. The lowest BCUT2D eigenvalue weighted by atomic mass is 10.1. The number of hydrogen-bond donors (Lipinski definition) is 0. The fourth-order valence-electron chi connectivity index (χ4n) is 3.39. The molecular formula is C19H26ClNO2. The molecule has 1 saturated heterocycles. The Labute approximate surface area is 144 Å². The Kier molecular flexibility index (Phi) is 5.27. The number of nitrogens with zero attached hydrogens (tertiary/aromatic N) is 1. The summed E-state index contributed by atoms with van der Waals surface area (Å²) in [5.74, 6) is 1.31. The van der Waals surface area contributed by atoms with Gasteiger partial charge >= 0.3 is 0 Å². The average Bonchev–Trinajstić information content (AvgIpc) is 3.33. The molecule has 2 aliphatic rings. The van der Waals surface area contributed by atoms with Crippen LogP contribution in [0.5, 0.6) is 0 Å². The van der Waals surface area contributed by atoms with E-state index >= 15 is 0 Å². The van der Waals surface area contributed by atoms with Crippen LogP contribution in [0.3, 0.4) is 0 Å². The van der Waals surface area contributed by atoms with Gasteiger partial charge in [0, 0.05) is 30.6 Å². The predicted molar refractivity (Wildman–Crippen MR) is 92.7 cm³/mol. The monoisotopic (exact) mass is 335 g/mol. The Bertz CT molecular complexity index is 552. The van der Waals surface area contributed by atoms with Crippen LogP contribution in [-0.2, 0) is 9.53 Å². The van der Waals surface area contributed by atoms with Gasteiger partial charge in [-0.3, -0.25) is 4.79 Å². The number of benzene rings is 1. The molecule has 0 spiro atoms. The minimum Gasteiger partial charge on any atom is -0.378 e. The number of carbonyl (C=O) groups is 1. The molecule has 1 heterocycles. The zero-order valence-electron chi connectivity index (χ0n) is 14.0. The van der Waals surface area contributed by atoms with E-state index in [4.69, 9.17) is 16.3 Å². The summed E-state index contributed by atoms with van der Waals surface area (Å²) >= 11 is 6.25. The summed E-state index contributed by atoms with van der Waals surface area (Å²) in [6.07, 6.45) is 3.18. The predicted octanol–water partition coefficient (Wildman–Crippen LogP) is 4.11. The minimum atomic E-state index is 0.128. The van der Waals surface area contributed by atoms with Crippen molar-refractivity contribution in [3.05, 3.63) is 34.9 Å². The van der Waals surface area contributed by atoms with Crippen molar-refractivity contribution in [2.45, 2.75) is 45.1 Å². The Morgan fingerprint density at radius 3 is 2.65 bits per heavy atom. The van der Waals surface area contributed by atoms with Gasteiger partial charge in [0.1, 0.15) is 0 Å². The lowest BCUT2D eigenvalue weighted by Gasteiger charge is -2.32. The third-order valence-electron chi connectivity index (χ3n) is 4.83.